The second kappa shape index (κ2) is 12.9. The third-order valence-corrected chi connectivity index (χ3v) is 10.3. The van der Waals surface area contributed by atoms with Gasteiger partial charge in [-0.2, -0.15) is 0 Å². The summed E-state index contributed by atoms with van der Waals surface area (Å²) in [4.78, 5) is 12.1. The molecule has 1 N–H and O–H groups in total. The molecule has 3 aliphatic rings. The Morgan fingerprint density at radius 1 is 1.02 bits per heavy atom. The van der Waals surface area contributed by atoms with Gasteiger partial charge < -0.3 is 13.8 Å². The van der Waals surface area contributed by atoms with Crippen molar-refractivity contribution in [3.8, 4) is 17.0 Å². The summed E-state index contributed by atoms with van der Waals surface area (Å²) in [5.74, 6) is 2.83. The molecule has 42 heavy (non-hydrogen) atoms. The minimum absolute atomic E-state index is 0.225. The monoisotopic (exact) mass is 649 g/mol. The molecule has 1 heterocycles. The molecule has 2 aromatic carbocycles. The first-order valence-corrected chi connectivity index (χ1v) is 16.8. The molecule has 0 spiro atoms. The van der Waals surface area contributed by atoms with Gasteiger partial charge in [0.2, 0.25) is 5.91 Å². The summed E-state index contributed by atoms with van der Waals surface area (Å²) in [6, 6.07) is 11.3. The molecule has 3 fully saturated rings. The zero-order chi connectivity index (χ0) is 29.4. The van der Waals surface area contributed by atoms with E-state index in [9.17, 15) is 13.6 Å². The average Bonchev–Trinajstić information content (AvgIpc) is 3.86. The Bertz CT molecular complexity index is 1460. The Hall–Kier alpha value is -2.10. The third kappa shape index (κ3) is 6.68. The van der Waals surface area contributed by atoms with E-state index >= 15 is 0 Å². The number of aromatic nitrogens is 1. The van der Waals surface area contributed by atoms with Gasteiger partial charge in [-0.1, -0.05) is 77.8 Å². The lowest BCUT2D eigenvalue weighted by Gasteiger charge is -2.24. The molecule has 3 saturated carbocycles. The van der Waals surface area contributed by atoms with Crippen molar-refractivity contribution in [1.29, 1.82) is 0 Å². The first kappa shape index (κ1) is 29.9. The average molecular weight is 651 g/mol. The van der Waals surface area contributed by atoms with Crippen LogP contribution in [0.15, 0.2) is 40.9 Å². The molecule has 1 amide bonds. The van der Waals surface area contributed by atoms with Gasteiger partial charge >= 0.3 is 0 Å². The Balaban J connectivity index is 1.09. The molecule has 0 radical (unpaired) electrons. The van der Waals surface area contributed by atoms with Crippen LogP contribution in [0.25, 0.3) is 11.3 Å². The summed E-state index contributed by atoms with van der Waals surface area (Å²) in [6.45, 7) is 0.264. The number of hydrogen-bond acceptors (Lipinski definition) is 6. The van der Waals surface area contributed by atoms with Crippen molar-refractivity contribution in [3.05, 3.63) is 68.4 Å². The molecule has 3 atom stereocenters. The van der Waals surface area contributed by atoms with Crippen LogP contribution in [0.2, 0.25) is 15.1 Å². The van der Waals surface area contributed by atoms with E-state index < -0.39 is 11.3 Å². The van der Waals surface area contributed by atoms with E-state index in [4.69, 9.17) is 44.1 Å². The van der Waals surface area contributed by atoms with Gasteiger partial charge in [0.15, 0.2) is 0 Å². The highest BCUT2D eigenvalue weighted by Crippen LogP contribution is 2.56. The first-order chi connectivity index (χ1) is 20.3. The largest absolute Gasteiger partial charge is 0.755 e. The SMILES string of the molecule is O=C(NS(=O)[O-])C1CCCC(C2CC2c2ccc(OCc3c(-c4c(Cl)cccc4Cl)noc3C3CC3)cc2Cl)CCC1. The second-order valence-electron chi connectivity index (χ2n) is 11.7. The van der Waals surface area contributed by atoms with Crippen molar-refractivity contribution in [2.24, 2.45) is 17.8 Å². The Morgan fingerprint density at radius 2 is 1.74 bits per heavy atom. The normalized spacial score (nSPS) is 24.9. The van der Waals surface area contributed by atoms with Gasteiger partial charge in [0.1, 0.15) is 23.8 Å². The van der Waals surface area contributed by atoms with Crippen LogP contribution in [-0.2, 0) is 22.7 Å². The van der Waals surface area contributed by atoms with Gasteiger partial charge in [0, 0.05) is 33.7 Å². The molecule has 1 aromatic heterocycles. The quantitative estimate of drug-likeness (QED) is 0.233. The van der Waals surface area contributed by atoms with E-state index in [0.29, 0.717) is 55.7 Å². The maximum atomic E-state index is 12.1. The van der Waals surface area contributed by atoms with E-state index in [1.165, 1.54) is 0 Å². The lowest BCUT2D eigenvalue weighted by atomic mass is 9.82. The summed E-state index contributed by atoms with van der Waals surface area (Å²) in [5.41, 5.74) is 3.27. The molecule has 7 nitrogen and oxygen atoms in total. The molecular weight excluding hydrogens is 619 g/mol. The molecule has 0 saturated heterocycles. The smallest absolute Gasteiger partial charge is 0.233 e. The van der Waals surface area contributed by atoms with E-state index in [-0.39, 0.29) is 18.4 Å². The molecule has 0 bridgehead atoms. The number of amides is 1. The zero-order valence-electron chi connectivity index (χ0n) is 23.0. The minimum Gasteiger partial charge on any atom is -0.755 e. The highest BCUT2D eigenvalue weighted by Gasteiger charge is 2.44. The van der Waals surface area contributed by atoms with Crippen LogP contribution in [-0.4, -0.2) is 19.8 Å². The van der Waals surface area contributed by atoms with Crippen molar-refractivity contribution in [2.45, 2.75) is 76.2 Å². The zero-order valence-corrected chi connectivity index (χ0v) is 26.0. The molecule has 11 heteroatoms. The van der Waals surface area contributed by atoms with Gasteiger partial charge in [-0.25, -0.2) is 0 Å². The van der Waals surface area contributed by atoms with Crippen molar-refractivity contribution in [1.82, 2.24) is 9.88 Å². The third-order valence-electron chi connectivity index (χ3n) is 8.98. The lowest BCUT2D eigenvalue weighted by Crippen LogP contribution is -2.32. The van der Waals surface area contributed by atoms with Crippen LogP contribution < -0.4 is 9.46 Å². The Labute approximate surface area is 263 Å². The molecule has 3 aliphatic carbocycles. The number of nitrogens with zero attached hydrogens (tertiary/aromatic N) is 1. The van der Waals surface area contributed by atoms with Crippen molar-refractivity contribution >= 4 is 52.0 Å². The molecular formula is C31H32Cl3N2O5S-. The van der Waals surface area contributed by atoms with E-state index in [0.717, 1.165) is 74.7 Å². The van der Waals surface area contributed by atoms with E-state index in [1.807, 2.05) is 16.9 Å². The molecule has 0 aliphatic heterocycles. The summed E-state index contributed by atoms with van der Waals surface area (Å²) in [6.07, 6.45) is 8.61. The molecule has 6 rings (SSSR count). The van der Waals surface area contributed by atoms with Gasteiger partial charge in [0.25, 0.3) is 0 Å². The highest BCUT2D eigenvalue weighted by molar-refractivity contribution is 7.77. The van der Waals surface area contributed by atoms with Gasteiger partial charge in [-0.05, 0) is 79.7 Å². The Kier molecular flexibility index (Phi) is 9.17. The van der Waals surface area contributed by atoms with Gasteiger partial charge in [0.05, 0.1) is 15.6 Å². The number of ether oxygens (including phenoxy) is 1. The second-order valence-corrected chi connectivity index (χ2v) is 13.6. The van der Waals surface area contributed by atoms with E-state index in [1.54, 1.807) is 18.2 Å². The fraction of sp³-hybridized carbons (Fsp3) is 0.484. The number of rotatable bonds is 9. The number of carbonyl (C=O) groups excluding carboxylic acids is 1. The molecule has 3 aromatic rings. The number of carbonyl (C=O) groups is 1. The fourth-order valence-electron chi connectivity index (χ4n) is 6.59. The predicted molar refractivity (Wildman–Crippen MR) is 162 cm³/mol. The lowest BCUT2D eigenvalue weighted by molar-refractivity contribution is -0.123. The molecule has 224 valence electrons. The van der Waals surface area contributed by atoms with Crippen LogP contribution in [0.3, 0.4) is 0 Å². The number of nitrogens with one attached hydrogen (secondary N) is 1. The van der Waals surface area contributed by atoms with Crippen LogP contribution in [0, 0.1) is 17.8 Å². The fourth-order valence-corrected chi connectivity index (χ4v) is 7.81. The highest BCUT2D eigenvalue weighted by atomic mass is 35.5. The number of benzene rings is 2. The Morgan fingerprint density at radius 3 is 2.38 bits per heavy atom. The van der Waals surface area contributed by atoms with Crippen LogP contribution >= 0.6 is 34.8 Å². The topological polar surface area (TPSA) is 104 Å². The summed E-state index contributed by atoms with van der Waals surface area (Å²) in [7, 11) is 0. The van der Waals surface area contributed by atoms with Crippen LogP contribution in [0.1, 0.15) is 86.5 Å². The van der Waals surface area contributed by atoms with Crippen molar-refractivity contribution in [2.75, 3.05) is 0 Å². The van der Waals surface area contributed by atoms with Gasteiger partial charge in [-0.3, -0.25) is 13.7 Å². The van der Waals surface area contributed by atoms with Crippen LogP contribution in [0.4, 0.5) is 0 Å². The number of hydrogen-bond donors (Lipinski definition) is 1. The first-order valence-electron chi connectivity index (χ1n) is 14.5. The predicted octanol–water partition coefficient (Wildman–Crippen LogP) is 8.36. The standard InChI is InChI=1S/C31H33Cl3N2O5S/c32-25-8-3-9-26(33)28(25)29-24(30(41-35-29)18-10-11-18)16-40-20-12-13-21(27(34)14-20)23-15-22(23)17-4-1-6-19(7-2-5-17)31(37)36-42(38)39/h3,8-9,12-14,17-19,22-23H,1-2,4-7,10-11,15-16H2,(H,36,37)(H,38,39)/p-1. The van der Waals surface area contributed by atoms with Crippen molar-refractivity contribution in [3.63, 3.8) is 0 Å². The van der Waals surface area contributed by atoms with Crippen LogP contribution in [0.5, 0.6) is 5.75 Å². The maximum absolute atomic E-state index is 12.1. The maximum Gasteiger partial charge on any atom is 0.233 e. The van der Waals surface area contributed by atoms with Crippen molar-refractivity contribution < 1.29 is 22.8 Å². The van der Waals surface area contributed by atoms with E-state index in [2.05, 4.69) is 11.2 Å². The number of halogens is 3. The minimum atomic E-state index is -2.55. The van der Waals surface area contributed by atoms with Gasteiger partial charge in [-0.15, -0.1) is 0 Å². The summed E-state index contributed by atoms with van der Waals surface area (Å²) in [5, 5.41) is 6.07. The summed E-state index contributed by atoms with van der Waals surface area (Å²) < 4.78 is 35.7. The molecule has 3 unspecified atom stereocenters. The summed E-state index contributed by atoms with van der Waals surface area (Å²) >= 11 is 17.2.